The van der Waals surface area contributed by atoms with E-state index in [0.717, 1.165) is 21.0 Å². The predicted molar refractivity (Wildman–Crippen MR) is 94.0 cm³/mol. The zero-order valence-corrected chi connectivity index (χ0v) is 13.4. The topological polar surface area (TPSA) is 99.7 Å². The van der Waals surface area contributed by atoms with E-state index in [-0.39, 0.29) is 6.04 Å². The van der Waals surface area contributed by atoms with Crippen LogP contribution in [-0.2, 0) is 0 Å². The van der Waals surface area contributed by atoms with Crippen molar-refractivity contribution in [1.82, 2.24) is 9.97 Å². The molecule has 0 aliphatic carbocycles. The molecule has 0 saturated heterocycles. The molecular weight excluding hydrogens is 308 g/mol. The lowest BCUT2D eigenvalue weighted by Crippen LogP contribution is -2.25. The molecule has 4 N–H and O–H groups in total. The standard InChI is InChI=1S/C16H16N6S/c1-10(18)9-20-12-4-5-19-15(7-12)22-16-21-13-3-2-11(8-17)6-14(13)23-16/h2-7,10H,9,18H2,1H3,(H2,19,20,21,22). The van der Waals surface area contributed by atoms with Gasteiger partial charge in [-0.15, -0.1) is 0 Å². The first-order chi connectivity index (χ1) is 11.1. The van der Waals surface area contributed by atoms with E-state index in [0.29, 0.717) is 17.9 Å². The first kappa shape index (κ1) is 15.2. The lowest BCUT2D eigenvalue weighted by Gasteiger charge is -2.10. The minimum atomic E-state index is 0.0816. The Morgan fingerprint density at radius 2 is 2.22 bits per heavy atom. The van der Waals surface area contributed by atoms with E-state index in [1.807, 2.05) is 31.2 Å². The number of anilines is 3. The molecule has 0 spiro atoms. The molecule has 116 valence electrons. The molecule has 0 aliphatic rings. The van der Waals surface area contributed by atoms with Gasteiger partial charge in [0.2, 0.25) is 0 Å². The fourth-order valence-electron chi connectivity index (χ4n) is 2.04. The Labute approximate surface area is 138 Å². The Morgan fingerprint density at radius 1 is 1.35 bits per heavy atom. The molecule has 1 unspecified atom stereocenters. The summed E-state index contributed by atoms with van der Waals surface area (Å²) in [7, 11) is 0. The number of rotatable bonds is 5. The molecule has 0 fully saturated rings. The number of nitrogens with zero attached hydrogens (tertiary/aromatic N) is 3. The average Bonchev–Trinajstić information content (AvgIpc) is 2.94. The Hall–Kier alpha value is -2.69. The van der Waals surface area contributed by atoms with Crippen LogP contribution in [-0.4, -0.2) is 22.6 Å². The normalized spacial score (nSPS) is 11.9. The summed E-state index contributed by atoms with van der Waals surface area (Å²) >= 11 is 1.49. The lowest BCUT2D eigenvalue weighted by atomic mass is 10.2. The number of hydrogen-bond acceptors (Lipinski definition) is 7. The second-order valence-electron chi connectivity index (χ2n) is 5.23. The molecule has 7 heteroatoms. The molecule has 1 aromatic carbocycles. The number of benzene rings is 1. The second-order valence-corrected chi connectivity index (χ2v) is 6.26. The van der Waals surface area contributed by atoms with Crippen LogP contribution in [0.4, 0.5) is 16.6 Å². The number of fused-ring (bicyclic) bond motifs is 1. The Balaban J connectivity index is 1.79. The third-order valence-electron chi connectivity index (χ3n) is 3.14. The van der Waals surface area contributed by atoms with Crippen molar-refractivity contribution in [3.8, 4) is 6.07 Å². The highest BCUT2D eigenvalue weighted by Crippen LogP contribution is 2.28. The van der Waals surface area contributed by atoms with Crippen molar-refractivity contribution in [2.24, 2.45) is 5.73 Å². The van der Waals surface area contributed by atoms with Crippen molar-refractivity contribution >= 4 is 38.2 Å². The zero-order chi connectivity index (χ0) is 16.2. The van der Waals surface area contributed by atoms with Crippen LogP contribution in [0, 0.1) is 11.3 Å². The van der Waals surface area contributed by atoms with Crippen molar-refractivity contribution in [2.75, 3.05) is 17.2 Å². The molecule has 23 heavy (non-hydrogen) atoms. The van der Waals surface area contributed by atoms with Crippen LogP contribution < -0.4 is 16.4 Å². The number of nitriles is 1. The summed E-state index contributed by atoms with van der Waals surface area (Å²) in [6.07, 6.45) is 1.73. The summed E-state index contributed by atoms with van der Waals surface area (Å²) in [5, 5.41) is 16.1. The molecular formula is C16H16N6S. The highest BCUT2D eigenvalue weighted by molar-refractivity contribution is 7.22. The molecule has 3 rings (SSSR count). The Kier molecular flexibility index (Phi) is 4.37. The SMILES string of the molecule is CC(N)CNc1ccnc(Nc2nc3ccc(C#N)cc3s2)c1. The summed E-state index contributed by atoms with van der Waals surface area (Å²) in [5.74, 6) is 0.708. The zero-order valence-electron chi connectivity index (χ0n) is 12.6. The van der Waals surface area contributed by atoms with Crippen molar-refractivity contribution in [1.29, 1.82) is 5.26 Å². The van der Waals surface area contributed by atoms with Crippen LogP contribution in [0.15, 0.2) is 36.5 Å². The molecule has 6 nitrogen and oxygen atoms in total. The van der Waals surface area contributed by atoms with Crippen molar-refractivity contribution in [3.63, 3.8) is 0 Å². The van der Waals surface area contributed by atoms with Gasteiger partial charge in [-0.1, -0.05) is 11.3 Å². The van der Waals surface area contributed by atoms with Crippen LogP contribution in [0.3, 0.4) is 0 Å². The number of hydrogen-bond donors (Lipinski definition) is 3. The molecule has 3 aromatic rings. The highest BCUT2D eigenvalue weighted by Gasteiger charge is 2.06. The monoisotopic (exact) mass is 324 g/mol. The van der Waals surface area contributed by atoms with E-state index >= 15 is 0 Å². The minimum absolute atomic E-state index is 0.0816. The molecule has 0 radical (unpaired) electrons. The van der Waals surface area contributed by atoms with Gasteiger partial charge in [0, 0.05) is 30.5 Å². The van der Waals surface area contributed by atoms with E-state index in [4.69, 9.17) is 11.0 Å². The van der Waals surface area contributed by atoms with E-state index in [9.17, 15) is 0 Å². The predicted octanol–water partition coefficient (Wildman–Crippen LogP) is 3.07. The summed E-state index contributed by atoms with van der Waals surface area (Å²) in [6, 6.07) is 11.5. The largest absolute Gasteiger partial charge is 0.383 e. The van der Waals surface area contributed by atoms with Gasteiger partial charge in [-0.2, -0.15) is 5.26 Å². The van der Waals surface area contributed by atoms with Crippen molar-refractivity contribution in [2.45, 2.75) is 13.0 Å². The first-order valence-corrected chi connectivity index (χ1v) is 7.99. The van der Waals surface area contributed by atoms with Gasteiger partial charge in [0.1, 0.15) is 5.82 Å². The molecule has 2 aromatic heterocycles. The maximum Gasteiger partial charge on any atom is 0.189 e. The van der Waals surface area contributed by atoms with Gasteiger partial charge in [-0.25, -0.2) is 9.97 Å². The summed E-state index contributed by atoms with van der Waals surface area (Å²) < 4.78 is 0.970. The van der Waals surface area contributed by atoms with Crippen LogP contribution >= 0.6 is 11.3 Å². The Morgan fingerprint density at radius 3 is 3.00 bits per heavy atom. The fourth-order valence-corrected chi connectivity index (χ4v) is 2.96. The third kappa shape index (κ3) is 3.74. The van der Waals surface area contributed by atoms with E-state index in [2.05, 4.69) is 26.7 Å². The molecule has 0 saturated carbocycles. The molecule has 2 heterocycles. The van der Waals surface area contributed by atoms with E-state index in [1.165, 1.54) is 11.3 Å². The van der Waals surface area contributed by atoms with Crippen LogP contribution in [0.1, 0.15) is 12.5 Å². The second kappa shape index (κ2) is 6.60. The number of nitrogens with two attached hydrogens (primary N) is 1. The van der Waals surface area contributed by atoms with Crippen molar-refractivity contribution in [3.05, 3.63) is 42.1 Å². The van der Waals surface area contributed by atoms with Gasteiger partial charge in [0.05, 0.1) is 21.8 Å². The quantitative estimate of drug-likeness (QED) is 0.667. The summed E-state index contributed by atoms with van der Waals surface area (Å²) in [5.41, 5.74) is 8.19. The average molecular weight is 324 g/mol. The van der Waals surface area contributed by atoms with Gasteiger partial charge in [-0.05, 0) is 31.2 Å². The lowest BCUT2D eigenvalue weighted by molar-refractivity contribution is 0.780. The van der Waals surface area contributed by atoms with Crippen LogP contribution in [0.25, 0.3) is 10.2 Å². The highest BCUT2D eigenvalue weighted by atomic mass is 32.1. The number of aromatic nitrogens is 2. The van der Waals surface area contributed by atoms with Gasteiger partial charge in [-0.3, -0.25) is 0 Å². The third-order valence-corrected chi connectivity index (χ3v) is 4.07. The summed E-state index contributed by atoms with van der Waals surface area (Å²) in [6.45, 7) is 2.64. The van der Waals surface area contributed by atoms with Gasteiger partial charge in [0.15, 0.2) is 5.13 Å². The maximum absolute atomic E-state index is 8.95. The van der Waals surface area contributed by atoms with E-state index < -0.39 is 0 Å². The summed E-state index contributed by atoms with van der Waals surface area (Å²) in [4.78, 5) is 8.80. The number of pyridine rings is 1. The van der Waals surface area contributed by atoms with E-state index in [1.54, 1.807) is 12.3 Å². The first-order valence-electron chi connectivity index (χ1n) is 7.17. The van der Waals surface area contributed by atoms with Gasteiger partial charge in [0.25, 0.3) is 0 Å². The fraction of sp³-hybridized carbons (Fsp3) is 0.188. The molecule has 0 bridgehead atoms. The van der Waals surface area contributed by atoms with Gasteiger partial charge >= 0.3 is 0 Å². The molecule has 1 atom stereocenters. The Bertz CT molecular complexity index is 864. The molecule has 0 amide bonds. The number of thiazole rings is 1. The number of nitrogens with one attached hydrogen (secondary N) is 2. The maximum atomic E-state index is 8.95. The van der Waals surface area contributed by atoms with Crippen molar-refractivity contribution < 1.29 is 0 Å². The van der Waals surface area contributed by atoms with Crippen LogP contribution in [0.5, 0.6) is 0 Å². The van der Waals surface area contributed by atoms with Crippen LogP contribution in [0.2, 0.25) is 0 Å². The van der Waals surface area contributed by atoms with Gasteiger partial charge < -0.3 is 16.4 Å². The molecule has 0 aliphatic heterocycles. The minimum Gasteiger partial charge on any atom is -0.383 e. The smallest absolute Gasteiger partial charge is 0.189 e.